The first kappa shape index (κ1) is 18.9. The van der Waals surface area contributed by atoms with Crippen LogP contribution in [0.15, 0.2) is 39.7 Å². The van der Waals surface area contributed by atoms with Crippen molar-refractivity contribution >= 4 is 11.0 Å². The van der Waals surface area contributed by atoms with Gasteiger partial charge >= 0.3 is 5.63 Å². The van der Waals surface area contributed by atoms with Gasteiger partial charge in [0.15, 0.2) is 5.75 Å². The van der Waals surface area contributed by atoms with Gasteiger partial charge in [0, 0.05) is 0 Å². The van der Waals surface area contributed by atoms with Crippen molar-refractivity contribution in [3.63, 3.8) is 0 Å². The summed E-state index contributed by atoms with van der Waals surface area (Å²) < 4.78 is 15.7. The molecular weight excluding hydrogens is 324 g/mol. The van der Waals surface area contributed by atoms with E-state index >= 15 is 0 Å². The molecule has 6 nitrogen and oxygen atoms in total. The van der Waals surface area contributed by atoms with Gasteiger partial charge in [-0.15, -0.1) is 0 Å². The molecule has 2 N–H and O–H groups in total. The Hall–Kier alpha value is -2.47. The number of ether oxygens (including phenoxy) is 2. The summed E-state index contributed by atoms with van der Waals surface area (Å²) >= 11 is 0. The molecule has 6 heteroatoms. The molecule has 1 aromatic carbocycles. The van der Waals surface area contributed by atoms with Crippen LogP contribution < -0.4 is 15.1 Å². The predicted molar refractivity (Wildman–Crippen MR) is 95.3 cm³/mol. The van der Waals surface area contributed by atoms with Crippen LogP contribution in [0, 0.1) is 0 Å². The molecule has 0 bridgehead atoms. The van der Waals surface area contributed by atoms with Crippen molar-refractivity contribution in [1.29, 1.82) is 0 Å². The van der Waals surface area contributed by atoms with E-state index in [-0.39, 0.29) is 30.3 Å². The van der Waals surface area contributed by atoms with Gasteiger partial charge in [0.25, 0.3) is 5.75 Å². The maximum atomic E-state index is 12.0. The molecule has 0 saturated heterocycles. The monoisotopic (exact) mass is 348 g/mol. The summed E-state index contributed by atoms with van der Waals surface area (Å²) in [4.78, 5) is 12.0. The minimum absolute atomic E-state index is 0.120. The second kappa shape index (κ2) is 9.74. The number of fused-ring (bicyclic) bond motifs is 1. The summed E-state index contributed by atoms with van der Waals surface area (Å²) in [7, 11) is 0. The van der Waals surface area contributed by atoms with Crippen LogP contribution in [-0.2, 0) is 0 Å². The van der Waals surface area contributed by atoms with Gasteiger partial charge in [-0.2, -0.15) is 0 Å². The molecule has 0 saturated carbocycles. The first-order valence-corrected chi connectivity index (χ1v) is 8.52. The number of aromatic hydroxyl groups is 1. The smallest absolute Gasteiger partial charge is 0.383 e. The Morgan fingerprint density at radius 3 is 2.84 bits per heavy atom. The Kier molecular flexibility index (Phi) is 7.35. The molecule has 2 aromatic rings. The quantitative estimate of drug-likeness (QED) is 0.386. The van der Waals surface area contributed by atoms with Gasteiger partial charge in [-0.3, -0.25) is 0 Å². The summed E-state index contributed by atoms with van der Waals surface area (Å²) in [6.45, 7) is 2.17. The number of hydrogen-bond acceptors (Lipinski definition) is 6. The highest BCUT2D eigenvalue weighted by molar-refractivity contribution is 5.86. The Balaban J connectivity index is 2.13. The van der Waals surface area contributed by atoms with E-state index < -0.39 is 5.63 Å². The summed E-state index contributed by atoms with van der Waals surface area (Å²) in [5, 5.41) is 19.4. The molecule has 25 heavy (non-hydrogen) atoms. The van der Waals surface area contributed by atoms with Crippen molar-refractivity contribution in [2.75, 3.05) is 13.2 Å². The summed E-state index contributed by atoms with van der Waals surface area (Å²) in [5.41, 5.74) is -0.514. The molecule has 0 aliphatic rings. The third-order valence-corrected chi connectivity index (χ3v) is 3.68. The number of allylic oxidation sites excluding steroid dienone is 1. The maximum Gasteiger partial charge on any atom is 0.383 e. The molecule has 2 rings (SSSR count). The van der Waals surface area contributed by atoms with Gasteiger partial charge in [-0.1, -0.05) is 26.2 Å². The minimum Gasteiger partial charge on any atom is -0.504 e. The Labute approximate surface area is 146 Å². The van der Waals surface area contributed by atoms with Crippen LogP contribution in [-0.4, -0.2) is 23.4 Å². The summed E-state index contributed by atoms with van der Waals surface area (Å²) in [6.07, 6.45) is 8.65. The van der Waals surface area contributed by atoms with Crippen molar-refractivity contribution in [3.05, 3.63) is 41.0 Å². The highest BCUT2D eigenvalue weighted by atomic mass is 16.5. The largest absolute Gasteiger partial charge is 0.504 e. The van der Waals surface area contributed by atoms with E-state index in [1.165, 1.54) is 31.2 Å². The molecule has 0 fully saturated rings. The fraction of sp³-hybridized carbons (Fsp3) is 0.421. The zero-order valence-corrected chi connectivity index (χ0v) is 14.4. The lowest BCUT2D eigenvalue weighted by atomic mass is 10.1. The van der Waals surface area contributed by atoms with Gasteiger partial charge in [-0.05, 0) is 37.1 Å². The SMILES string of the molecule is CCCCCC/C=C/Oc1c(O)c2cc(OCCO)ccc2oc1=O. The molecule has 0 atom stereocenters. The second-order valence-electron chi connectivity index (χ2n) is 5.64. The van der Waals surface area contributed by atoms with Crippen LogP contribution in [0.5, 0.6) is 17.2 Å². The third kappa shape index (κ3) is 5.26. The van der Waals surface area contributed by atoms with E-state index in [2.05, 4.69) is 6.92 Å². The predicted octanol–water partition coefficient (Wildman–Crippen LogP) is 3.73. The molecule has 1 aromatic heterocycles. The molecule has 136 valence electrons. The molecule has 0 radical (unpaired) electrons. The zero-order valence-electron chi connectivity index (χ0n) is 14.4. The first-order chi connectivity index (χ1) is 12.2. The molecule has 0 aliphatic carbocycles. The molecule has 0 unspecified atom stereocenters. The third-order valence-electron chi connectivity index (χ3n) is 3.68. The maximum absolute atomic E-state index is 12.0. The lowest BCUT2D eigenvalue weighted by Crippen LogP contribution is -2.04. The van der Waals surface area contributed by atoms with Crippen LogP contribution in [0.3, 0.4) is 0 Å². The van der Waals surface area contributed by atoms with Crippen LogP contribution in [0.1, 0.15) is 39.0 Å². The highest BCUT2D eigenvalue weighted by Crippen LogP contribution is 2.33. The Bertz CT molecular complexity index is 762. The fourth-order valence-electron chi connectivity index (χ4n) is 2.38. The molecular formula is C19H24O6. The van der Waals surface area contributed by atoms with Crippen molar-refractivity contribution in [2.24, 2.45) is 0 Å². The zero-order chi connectivity index (χ0) is 18.1. The van der Waals surface area contributed by atoms with Crippen molar-refractivity contribution in [1.82, 2.24) is 0 Å². The van der Waals surface area contributed by atoms with Crippen LogP contribution in [0.25, 0.3) is 11.0 Å². The van der Waals surface area contributed by atoms with E-state index in [1.54, 1.807) is 6.07 Å². The van der Waals surface area contributed by atoms with Gasteiger partial charge in [0.1, 0.15) is 17.9 Å². The Morgan fingerprint density at radius 1 is 1.24 bits per heavy atom. The van der Waals surface area contributed by atoms with Gasteiger partial charge in [0.2, 0.25) is 0 Å². The number of hydrogen-bond donors (Lipinski definition) is 2. The number of benzene rings is 1. The van der Waals surface area contributed by atoms with E-state index in [4.69, 9.17) is 19.0 Å². The lowest BCUT2D eigenvalue weighted by molar-refractivity contribution is 0.201. The number of rotatable bonds is 10. The van der Waals surface area contributed by atoms with Gasteiger partial charge < -0.3 is 24.1 Å². The number of aliphatic hydroxyl groups is 1. The van der Waals surface area contributed by atoms with Crippen molar-refractivity contribution in [2.45, 2.75) is 39.0 Å². The van der Waals surface area contributed by atoms with E-state index in [0.29, 0.717) is 11.1 Å². The summed E-state index contributed by atoms with van der Waals surface area (Å²) in [6, 6.07) is 4.65. The molecule has 1 heterocycles. The van der Waals surface area contributed by atoms with Crippen LogP contribution in [0.2, 0.25) is 0 Å². The normalized spacial score (nSPS) is 11.3. The minimum atomic E-state index is -0.746. The standard InChI is InChI=1S/C19H24O6/c1-2-3-4-5-6-7-11-24-18-17(21)15-13-14(23-12-10-20)8-9-16(15)25-19(18)22/h7-9,11,13,20-21H,2-6,10,12H2,1H3/b11-7+. The topological polar surface area (TPSA) is 89.1 Å². The Morgan fingerprint density at radius 2 is 2.08 bits per heavy atom. The molecule has 0 spiro atoms. The second-order valence-corrected chi connectivity index (χ2v) is 5.64. The van der Waals surface area contributed by atoms with Gasteiger partial charge in [-0.25, -0.2) is 4.79 Å². The van der Waals surface area contributed by atoms with Gasteiger partial charge in [0.05, 0.1) is 18.3 Å². The number of unbranched alkanes of at least 4 members (excludes halogenated alkanes) is 4. The average Bonchev–Trinajstić information content (AvgIpc) is 2.61. The van der Waals surface area contributed by atoms with E-state index in [1.807, 2.05) is 6.08 Å². The van der Waals surface area contributed by atoms with E-state index in [9.17, 15) is 9.90 Å². The van der Waals surface area contributed by atoms with Crippen molar-refractivity contribution < 1.29 is 24.1 Å². The molecule has 0 aliphatic heterocycles. The first-order valence-electron chi connectivity index (χ1n) is 8.52. The molecule has 0 amide bonds. The van der Waals surface area contributed by atoms with E-state index in [0.717, 1.165) is 19.3 Å². The number of aliphatic hydroxyl groups excluding tert-OH is 1. The average molecular weight is 348 g/mol. The lowest BCUT2D eigenvalue weighted by Gasteiger charge is -2.08. The van der Waals surface area contributed by atoms with Crippen molar-refractivity contribution in [3.8, 4) is 17.2 Å². The van der Waals surface area contributed by atoms with Crippen LogP contribution >= 0.6 is 0 Å². The fourth-order valence-corrected chi connectivity index (χ4v) is 2.38. The highest BCUT2D eigenvalue weighted by Gasteiger charge is 2.15. The van der Waals surface area contributed by atoms with Crippen LogP contribution in [0.4, 0.5) is 0 Å². The summed E-state index contributed by atoms with van der Waals surface area (Å²) in [5.74, 6) is -0.101.